The molecule has 1 heterocycles. The van der Waals surface area contributed by atoms with Gasteiger partial charge in [-0.2, -0.15) is 0 Å². The van der Waals surface area contributed by atoms with Gasteiger partial charge in [-0.15, -0.1) is 0 Å². The van der Waals surface area contributed by atoms with E-state index < -0.39 is 0 Å². The van der Waals surface area contributed by atoms with E-state index in [1.54, 1.807) is 0 Å². The van der Waals surface area contributed by atoms with Crippen LogP contribution < -0.4 is 5.32 Å². The van der Waals surface area contributed by atoms with E-state index in [0.29, 0.717) is 0 Å². The standard InChI is InChI=1S/C15H23N/c1-12-7-13(2)9-15(8-12)10-14-5-3-4-6-16-11-14/h7-9,14,16H,3-6,10-11H2,1-2H3. The number of hydrogen-bond acceptors (Lipinski definition) is 1. The third-order valence-corrected chi connectivity index (χ3v) is 3.45. The van der Waals surface area contributed by atoms with Crippen molar-refractivity contribution in [2.45, 2.75) is 39.5 Å². The minimum absolute atomic E-state index is 0.837. The van der Waals surface area contributed by atoms with Crippen molar-refractivity contribution in [2.24, 2.45) is 5.92 Å². The minimum Gasteiger partial charge on any atom is -0.316 e. The molecule has 1 unspecified atom stereocenters. The summed E-state index contributed by atoms with van der Waals surface area (Å²) < 4.78 is 0. The van der Waals surface area contributed by atoms with Crippen LogP contribution in [0.15, 0.2) is 18.2 Å². The molecular weight excluding hydrogens is 194 g/mol. The van der Waals surface area contributed by atoms with Crippen molar-refractivity contribution in [1.82, 2.24) is 5.32 Å². The molecule has 88 valence electrons. The van der Waals surface area contributed by atoms with Crippen molar-refractivity contribution in [3.05, 3.63) is 34.9 Å². The van der Waals surface area contributed by atoms with Gasteiger partial charge in [0.15, 0.2) is 0 Å². The lowest BCUT2D eigenvalue weighted by molar-refractivity contribution is 0.477. The molecule has 1 aliphatic rings. The van der Waals surface area contributed by atoms with Crippen LogP contribution in [0.1, 0.15) is 36.0 Å². The molecular formula is C15H23N. The van der Waals surface area contributed by atoms with E-state index >= 15 is 0 Å². The first-order chi connectivity index (χ1) is 7.74. The van der Waals surface area contributed by atoms with E-state index in [4.69, 9.17) is 0 Å². The molecule has 1 aromatic carbocycles. The Kier molecular flexibility index (Phi) is 4.00. The van der Waals surface area contributed by atoms with E-state index in [0.717, 1.165) is 5.92 Å². The quantitative estimate of drug-likeness (QED) is 0.802. The third kappa shape index (κ3) is 3.34. The summed E-state index contributed by atoms with van der Waals surface area (Å²) in [6.45, 7) is 6.81. The van der Waals surface area contributed by atoms with Gasteiger partial charge in [-0.1, -0.05) is 35.7 Å². The summed E-state index contributed by atoms with van der Waals surface area (Å²) in [6, 6.07) is 6.95. The monoisotopic (exact) mass is 217 g/mol. The highest BCUT2D eigenvalue weighted by Gasteiger charge is 2.12. The highest BCUT2D eigenvalue weighted by atomic mass is 14.9. The maximum atomic E-state index is 3.55. The summed E-state index contributed by atoms with van der Waals surface area (Å²) in [7, 11) is 0. The van der Waals surface area contributed by atoms with Gasteiger partial charge in [-0.25, -0.2) is 0 Å². The van der Waals surface area contributed by atoms with Gasteiger partial charge < -0.3 is 5.32 Å². The lowest BCUT2D eigenvalue weighted by atomic mass is 9.93. The predicted molar refractivity (Wildman–Crippen MR) is 69.8 cm³/mol. The Morgan fingerprint density at radius 3 is 2.62 bits per heavy atom. The maximum Gasteiger partial charge on any atom is -0.00173 e. The zero-order valence-electron chi connectivity index (χ0n) is 10.6. The fourth-order valence-electron chi connectivity index (χ4n) is 2.79. The van der Waals surface area contributed by atoms with Crippen molar-refractivity contribution < 1.29 is 0 Å². The van der Waals surface area contributed by atoms with Gasteiger partial charge in [0.2, 0.25) is 0 Å². The van der Waals surface area contributed by atoms with Gasteiger partial charge in [0, 0.05) is 0 Å². The van der Waals surface area contributed by atoms with Crippen LogP contribution in [0.4, 0.5) is 0 Å². The number of benzene rings is 1. The summed E-state index contributed by atoms with van der Waals surface area (Å²) in [5.74, 6) is 0.837. The Balaban J connectivity index is 2.01. The lowest BCUT2D eigenvalue weighted by Crippen LogP contribution is -2.22. The molecule has 0 aromatic heterocycles. The first kappa shape index (κ1) is 11.7. The van der Waals surface area contributed by atoms with Gasteiger partial charge in [-0.05, 0) is 57.7 Å². The van der Waals surface area contributed by atoms with Gasteiger partial charge in [-0.3, -0.25) is 0 Å². The van der Waals surface area contributed by atoms with E-state index in [-0.39, 0.29) is 0 Å². The summed E-state index contributed by atoms with van der Waals surface area (Å²) in [5, 5.41) is 3.55. The number of hydrogen-bond donors (Lipinski definition) is 1. The minimum atomic E-state index is 0.837. The van der Waals surface area contributed by atoms with Gasteiger partial charge >= 0.3 is 0 Å². The second kappa shape index (κ2) is 5.49. The summed E-state index contributed by atoms with van der Waals surface area (Å²) in [6.07, 6.45) is 5.38. The molecule has 0 bridgehead atoms. The lowest BCUT2D eigenvalue weighted by Gasteiger charge is -2.15. The fraction of sp³-hybridized carbons (Fsp3) is 0.600. The molecule has 2 rings (SSSR count). The van der Waals surface area contributed by atoms with Crippen molar-refractivity contribution in [3.8, 4) is 0 Å². The Morgan fingerprint density at radius 2 is 1.88 bits per heavy atom. The molecule has 1 aromatic rings. The van der Waals surface area contributed by atoms with Crippen LogP contribution in [0.2, 0.25) is 0 Å². The summed E-state index contributed by atoms with van der Waals surface area (Å²) in [4.78, 5) is 0. The number of nitrogens with one attached hydrogen (secondary N) is 1. The molecule has 1 heteroatoms. The highest BCUT2D eigenvalue weighted by molar-refractivity contribution is 5.28. The smallest absolute Gasteiger partial charge is 0.00173 e. The van der Waals surface area contributed by atoms with E-state index in [2.05, 4.69) is 37.4 Å². The van der Waals surface area contributed by atoms with Crippen molar-refractivity contribution in [1.29, 1.82) is 0 Å². The first-order valence-electron chi connectivity index (χ1n) is 6.52. The van der Waals surface area contributed by atoms with Gasteiger partial charge in [0.05, 0.1) is 0 Å². The maximum absolute atomic E-state index is 3.55. The summed E-state index contributed by atoms with van der Waals surface area (Å²) >= 11 is 0. The molecule has 1 aliphatic heterocycles. The molecule has 1 saturated heterocycles. The SMILES string of the molecule is Cc1cc(C)cc(CC2CCCCNC2)c1. The van der Waals surface area contributed by atoms with Crippen LogP contribution in [0.5, 0.6) is 0 Å². The molecule has 1 fully saturated rings. The second-order valence-corrected chi connectivity index (χ2v) is 5.27. The zero-order valence-corrected chi connectivity index (χ0v) is 10.6. The van der Waals surface area contributed by atoms with Crippen LogP contribution in [0.25, 0.3) is 0 Å². The first-order valence-corrected chi connectivity index (χ1v) is 6.52. The normalized spacial score (nSPS) is 21.8. The molecule has 0 spiro atoms. The molecule has 16 heavy (non-hydrogen) atoms. The zero-order chi connectivity index (χ0) is 11.4. The molecule has 1 nitrogen and oxygen atoms in total. The third-order valence-electron chi connectivity index (χ3n) is 3.45. The Hall–Kier alpha value is -0.820. The molecule has 1 N–H and O–H groups in total. The van der Waals surface area contributed by atoms with E-state index in [1.165, 1.54) is 55.5 Å². The predicted octanol–water partition coefficient (Wildman–Crippen LogP) is 3.24. The van der Waals surface area contributed by atoms with E-state index in [9.17, 15) is 0 Å². The van der Waals surface area contributed by atoms with Crippen LogP contribution in [-0.4, -0.2) is 13.1 Å². The topological polar surface area (TPSA) is 12.0 Å². The Bertz CT molecular complexity index is 315. The molecule has 0 radical (unpaired) electrons. The molecule has 1 atom stereocenters. The number of rotatable bonds is 2. The van der Waals surface area contributed by atoms with Crippen molar-refractivity contribution in [3.63, 3.8) is 0 Å². The van der Waals surface area contributed by atoms with Crippen LogP contribution >= 0.6 is 0 Å². The second-order valence-electron chi connectivity index (χ2n) is 5.27. The van der Waals surface area contributed by atoms with Crippen LogP contribution in [0, 0.1) is 19.8 Å². The van der Waals surface area contributed by atoms with Gasteiger partial charge in [0.25, 0.3) is 0 Å². The number of aryl methyl sites for hydroxylation is 2. The average Bonchev–Trinajstić information content (AvgIpc) is 2.44. The highest BCUT2D eigenvalue weighted by Crippen LogP contribution is 2.18. The van der Waals surface area contributed by atoms with Gasteiger partial charge in [0.1, 0.15) is 0 Å². The average molecular weight is 217 g/mol. The summed E-state index contributed by atoms with van der Waals surface area (Å²) in [5.41, 5.74) is 4.32. The molecule has 0 aliphatic carbocycles. The van der Waals surface area contributed by atoms with Crippen LogP contribution in [0.3, 0.4) is 0 Å². The molecule has 0 amide bonds. The Labute approximate surface area is 99.3 Å². The van der Waals surface area contributed by atoms with Crippen molar-refractivity contribution >= 4 is 0 Å². The van der Waals surface area contributed by atoms with Crippen LogP contribution in [-0.2, 0) is 6.42 Å². The fourth-order valence-corrected chi connectivity index (χ4v) is 2.79. The largest absolute Gasteiger partial charge is 0.316 e. The Morgan fingerprint density at radius 1 is 1.12 bits per heavy atom. The van der Waals surface area contributed by atoms with E-state index in [1.807, 2.05) is 0 Å². The molecule has 0 saturated carbocycles. The van der Waals surface area contributed by atoms with Crippen molar-refractivity contribution in [2.75, 3.05) is 13.1 Å².